The molecule has 0 aromatic carbocycles. The molecule has 1 heteroatoms. The summed E-state index contributed by atoms with van der Waals surface area (Å²) in [5.41, 5.74) is 0. The topological polar surface area (TPSA) is 9.23 Å². The smallest absolute Gasteiger partial charge is 0.0601 e. The highest BCUT2D eigenvalue weighted by Crippen LogP contribution is 2.23. The van der Waals surface area contributed by atoms with Gasteiger partial charge in [-0.25, -0.2) is 0 Å². The van der Waals surface area contributed by atoms with E-state index in [1.165, 1.54) is 19.3 Å². The van der Waals surface area contributed by atoms with Gasteiger partial charge in [0.15, 0.2) is 0 Å². The van der Waals surface area contributed by atoms with Gasteiger partial charge < -0.3 is 4.74 Å². The lowest BCUT2D eigenvalue weighted by Crippen LogP contribution is -2.11. The molecular weight excluding hydrogens is 112 g/mol. The summed E-state index contributed by atoms with van der Waals surface area (Å²) in [5.74, 6) is 0.810. The summed E-state index contributed by atoms with van der Waals surface area (Å²) in [5, 5.41) is 0. The molecule has 0 saturated carbocycles. The summed E-state index contributed by atoms with van der Waals surface area (Å²) < 4.78 is 5.51. The van der Waals surface area contributed by atoms with E-state index in [0.717, 1.165) is 12.5 Å². The molecule has 0 spiro atoms. The van der Waals surface area contributed by atoms with Crippen molar-refractivity contribution in [2.75, 3.05) is 6.61 Å². The molecule has 9 heavy (non-hydrogen) atoms. The van der Waals surface area contributed by atoms with Gasteiger partial charge in [-0.1, -0.05) is 20.3 Å². The summed E-state index contributed by atoms with van der Waals surface area (Å²) in [6.07, 6.45) is 4.36. The van der Waals surface area contributed by atoms with E-state index in [1.807, 2.05) is 0 Å². The van der Waals surface area contributed by atoms with Crippen molar-refractivity contribution < 1.29 is 4.74 Å². The number of ether oxygens (including phenoxy) is 1. The standard InChI is InChI=1S/C8H16O/c1-3-4-8-7(2)5-6-9-8/h7-8H,3-6H2,1-2H3/t7-,8+/m1/s1. The summed E-state index contributed by atoms with van der Waals surface area (Å²) in [6.45, 7) is 5.49. The predicted octanol–water partition coefficient (Wildman–Crippen LogP) is 2.21. The van der Waals surface area contributed by atoms with E-state index in [-0.39, 0.29) is 0 Å². The Balaban J connectivity index is 2.22. The van der Waals surface area contributed by atoms with E-state index < -0.39 is 0 Å². The van der Waals surface area contributed by atoms with E-state index in [2.05, 4.69) is 13.8 Å². The Morgan fingerprint density at radius 2 is 2.33 bits per heavy atom. The first-order valence-electron chi connectivity index (χ1n) is 3.96. The second-order valence-corrected chi connectivity index (χ2v) is 2.96. The van der Waals surface area contributed by atoms with Crippen LogP contribution in [0.15, 0.2) is 0 Å². The highest BCUT2D eigenvalue weighted by atomic mass is 16.5. The molecule has 0 aliphatic carbocycles. The van der Waals surface area contributed by atoms with E-state index >= 15 is 0 Å². The summed E-state index contributed by atoms with van der Waals surface area (Å²) >= 11 is 0. The Morgan fingerprint density at radius 3 is 2.78 bits per heavy atom. The van der Waals surface area contributed by atoms with Gasteiger partial charge in [0.1, 0.15) is 0 Å². The highest BCUT2D eigenvalue weighted by molar-refractivity contribution is 4.71. The van der Waals surface area contributed by atoms with Crippen LogP contribution in [-0.4, -0.2) is 12.7 Å². The van der Waals surface area contributed by atoms with Gasteiger partial charge in [-0.3, -0.25) is 0 Å². The van der Waals surface area contributed by atoms with Crippen LogP contribution in [0.4, 0.5) is 0 Å². The minimum absolute atomic E-state index is 0.579. The molecule has 0 aromatic rings. The molecule has 0 bridgehead atoms. The molecule has 1 aliphatic rings. The summed E-state index contributed by atoms with van der Waals surface area (Å²) in [4.78, 5) is 0. The first-order chi connectivity index (χ1) is 4.34. The first-order valence-corrected chi connectivity index (χ1v) is 3.96. The quantitative estimate of drug-likeness (QED) is 0.554. The fraction of sp³-hybridized carbons (Fsp3) is 1.00. The largest absolute Gasteiger partial charge is 0.378 e. The molecule has 0 N–H and O–H groups in total. The van der Waals surface area contributed by atoms with Crippen molar-refractivity contribution in [1.82, 2.24) is 0 Å². The van der Waals surface area contributed by atoms with E-state index in [1.54, 1.807) is 0 Å². The normalized spacial score (nSPS) is 35.3. The molecule has 1 rings (SSSR count). The first kappa shape index (κ1) is 7.07. The fourth-order valence-corrected chi connectivity index (χ4v) is 1.41. The van der Waals surface area contributed by atoms with Crippen LogP contribution in [0.5, 0.6) is 0 Å². The van der Waals surface area contributed by atoms with Gasteiger partial charge in [-0.2, -0.15) is 0 Å². The molecule has 54 valence electrons. The van der Waals surface area contributed by atoms with Crippen LogP contribution in [0.25, 0.3) is 0 Å². The maximum absolute atomic E-state index is 5.51. The van der Waals surface area contributed by atoms with Gasteiger partial charge >= 0.3 is 0 Å². The lowest BCUT2D eigenvalue weighted by Gasteiger charge is -2.11. The van der Waals surface area contributed by atoms with Crippen molar-refractivity contribution in [2.24, 2.45) is 5.92 Å². The molecule has 0 amide bonds. The van der Waals surface area contributed by atoms with E-state index in [0.29, 0.717) is 6.10 Å². The fourth-order valence-electron chi connectivity index (χ4n) is 1.41. The molecular formula is C8H16O. The van der Waals surface area contributed by atoms with Crippen LogP contribution < -0.4 is 0 Å². The number of hydrogen-bond acceptors (Lipinski definition) is 1. The molecule has 1 fully saturated rings. The molecule has 1 aliphatic heterocycles. The van der Waals surface area contributed by atoms with Crippen molar-refractivity contribution in [3.8, 4) is 0 Å². The Morgan fingerprint density at radius 1 is 1.56 bits per heavy atom. The molecule has 0 aromatic heterocycles. The van der Waals surface area contributed by atoms with Gasteiger partial charge in [0.25, 0.3) is 0 Å². The van der Waals surface area contributed by atoms with Crippen molar-refractivity contribution in [2.45, 2.75) is 39.2 Å². The SMILES string of the molecule is CCC[C@@H]1OCC[C@H]1C. The van der Waals surface area contributed by atoms with Crippen molar-refractivity contribution in [3.63, 3.8) is 0 Å². The van der Waals surface area contributed by atoms with Crippen LogP contribution >= 0.6 is 0 Å². The van der Waals surface area contributed by atoms with Crippen molar-refractivity contribution >= 4 is 0 Å². The Kier molecular flexibility index (Phi) is 2.52. The lowest BCUT2D eigenvalue weighted by atomic mass is 10.0. The van der Waals surface area contributed by atoms with E-state index in [9.17, 15) is 0 Å². The summed E-state index contributed by atoms with van der Waals surface area (Å²) in [6, 6.07) is 0. The van der Waals surface area contributed by atoms with Gasteiger partial charge in [0.05, 0.1) is 6.10 Å². The van der Waals surface area contributed by atoms with E-state index in [4.69, 9.17) is 4.74 Å². The van der Waals surface area contributed by atoms with Gasteiger partial charge in [0, 0.05) is 6.61 Å². The van der Waals surface area contributed by atoms with Crippen molar-refractivity contribution in [3.05, 3.63) is 0 Å². The predicted molar refractivity (Wildman–Crippen MR) is 38.4 cm³/mol. The van der Waals surface area contributed by atoms with Crippen LogP contribution in [0.1, 0.15) is 33.1 Å². The minimum atomic E-state index is 0.579. The number of rotatable bonds is 2. The van der Waals surface area contributed by atoms with Crippen LogP contribution in [-0.2, 0) is 4.74 Å². The average Bonchev–Trinajstić information content (AvgIpc) is 2.18. The van der Waals surface area contributed by atoms with Crippen LogP contribution in [0.3, 0.4) is 0 Å². The zero-order valence-electron chi connectivity index (χ0n) is 6.39. The highest BCUT2D eigenvalue weighted by Gasteiger charge is 2.22. The maximum Gasteiger partial charge on any atom is 0.0601 e. The Hall–Kier alpha value is -0.0400. The van der Waals surface area contributed by atoms with Gasteiger partial charge in [-0.05, 0) is 18.8 Å². The zero-order valence-corrected chi connectivity index (χ0v) is 6.39. The molecule has 1 saturated heterocycles. The maximum atomic E-state index is 5.51. The molecule has 0 radical (unpaired) electrons. The Bertz CT molecular complexity index is 80.6. The van der Waals surface area contributed by atoms with Crippen LogP contribution in [0, 0.1) is 5.92 Å². The minimum Gasteiger partial charge on any atom is -0.378 e. The lowest BCUT2D eigenvalue weighted by molar-refractivity contribution is 0.0865. The average molecular weight is 128 g/mol. The number of hydrogen-bond donors (Lipinski definition) is 0. The van der Waals surface area contributed by atoms with Gasteiger partial charge in [-0.15, -0.1) is 0 Å². The Labute approximate surface area is 57.4 Å². The summed E-state index contributed by atoms with van der Waals surface area (Å²) in [7, 11) is 0. The monoisotopic (exact) mass is 128 g/mol. The van der Waals surface area contributed by atoms with Crippen molar-refractivity contribution in [1.29, 1.82) is 0 Å². The molecule has 1 nitrogen and oxygen atoms in total. The molecule has 0 unspecified atom stereocenters. The zero-order chi connectivity index (χ0) is 6.69. The molecule has 2 atom stereocenters. The van der Waals surface area contributed by atoms with Gasteiger partial charge in [0.2, 0.25) is 0 Å². The third-order valence-electron chi connectivity index (χ3n) is 2.11. The molecule has 1 heterocycles. The third kappa shape index (κ3) is 1.68. The van der Waals surface area contributed by atoms with Crippen LogP contribution in [0.2, 0.25) is 0 Å². The third-order valence-corrected chi connectivity index (χ3v) is 2.11. The second kappa shape index (κ2) is 3.21. The second-order valence-electron chi connectivity index (χ2n) is 2.96.